The van der Waals surface area contributed by atoms with Crippen LogP contribution in [-0.2, 0) is 4.79 Å². The van der Waals surface area contributed by atoms with Crippen molar-refractivity contribution in [2.24, 2.45) is 0 Å². The molecule has 0 saturated carbocycles. The van der Waals surface area contributed by atoms with E-state index in [-0.39, 0.29) is 30.3 Å². The third-order valence-corrected chi connectivity index (χ3v) is 5.34. The van der Waals surface area contributed by atoms with Gasteiger partial charge >= 0.3 is 0 Å². The molecule has 2 amide bonds. The number of halogens is 1. The van der Waals surface area contributed by atoms with Gasteiger partial charge in [0.15, 0.2) is 0 Å². The minimum Gasteiger partial charge on any atom is -0.353 e. The number of carbonyl (C=O) groups excluding carboxylic acids is 2. The number of amides is 2. The molecule has 3 rings (SSSR count). The Morgan fingerprint density at radius 1 is 1.30 bits per heavy atom. The Bertz CT molecular complexity index is 517. The van der Waals surface area contributed by atoms with Gasteiger partial charge in [0.05, 0.1) is 4.88 Å². The Labute approximate surface area is 147 Å². The van der Waals surface area contributed by atoms with Crippen LogP contribution in [0.5, 0.6) is 0 Å². The maximum absolute atomic E-state index is 12.6. The van der Waals surface area contributed by atoms with E-state index in [4.69, 9.17) is 0 Å². The number of carbonyl (C=O) groups is 2. The van der Waals surface area contributed by atoms with Crippen molar-refractivity contribution in [3.63, 3.8) is 0 Å². The van der Waals surface area contributed by atoms with Crippen LogP contribution in [0.15, 0.2) is 17.5 Å². The lowest BCUT2D eigenvalue weighted by Crippen LogP contribution is -2.53. The summed E-state index contributed by atoms with van der Waals surface area (Å²) >= 11 is 1.44. The van der Waals surface area contributed by atoms with Crippen LogP contribution in [0, 0.1) is 0 Å². The number of piperidine rings is 1. The molecule has 2 aliphatic rings. The van der Waals surface area contributed by atoms with E-state index in [0.717, 1.165) is 37.1 Å². The molecule has 0 aliphatic carbocycles. The van der Waals surface area contributed by atoms with Gasteiger partial charge in [0.1, 0.15) is 6.04 Å². The average molecular weight is 358 g/mol. The number of thiophene rings is 1. The molecule has 2 fully saturated rings. The van der Waals surface area contributed by atoms with Gasteiger partial charge in [-0.1, -0.05) is 6.07 Å². The van der Waals surface area contributed by atoms with E-state index < -0.39 is 0 Å². The van der Waals surface area contributed by atoms with Crippen LogP contribution in [0.4, 0.5) is 0 Å². The first-order chi connectivity index (χ1) is 10.8. The van der Waals surface area contributed by atoms with Crippen LogP contribution in [0.25, 0.3) is 0 Å². The normalized spacial score (nSPS) is 24.1. The van der Waals surface area contributed by atoms with Gasteiger partial charge in [-0.15, -0.1) is 23.7 Å². The summed E-state index contributed by atoms with van der Waals surface area (Å²) in [5.74, 6) is -0.00727. The van der Waals surface area contributed by atoms with Crippen LogP contribution in [0.1, 0.15) is 41.8 Å². The topological polar surface area (TPSA) is 61.4 Å². The largest absolute Gasteiger partial charge is 0.353 e. The standard InChI is InChI=1S/C16H23N3O2S.ClH/c20-15(18-11-12-5-3-8-17-12)13-6-1-2-9-19(13)16(21)14-7-4-10-22-14;/h4,7,10,12-13,17H,1-3,5-6,8-9,11H2,(H,18,20);1H. The van der Waals surface area contributed by atoms with Gasteiger partial charge in [0.25, 0.3) is 5.91 Å². The summed E-state index contributed by atoms with van der Waals surface area (Å²) in [6.45, 7) is 2.37. The molecule has 0 bridgehead atoms. The Morgan fingerprint density at radius 3 is 2.87 bits per heavy atom. The number of hydrogen-bond donors (Lipinski definition) is 2. The summed E-state index contributed by atoms with van der Waals surface area (Å²) in [7, 11) is 0. The molecule has 2 unspecified atom stereocenters. The first kappa shape index (κ1) is 18.2. The highest BCUT2D eigenvalue weighted by atomic mass is 35.5. The van der Waals surface area contributed by atoms with Crippen LogP contribution >= 0.6 is 23.7 Å². The lowest BCUT2D eigenvalue weighted by atomic mass is 10.0. The summed E-state index contributed by atoms with van der Waals surface area (Å²) in [5, 5.41) is 8.31. The van der Waals surface area contributed by atoms with Crippen molar-refractivity contribution >= 4 is 35.6 Å². The summed E-state index contributed by atoms with van der Waals surface area (Å²) in [5.41, 5.74) is 0. The SMILES string of the molecule is Cl.O=C(NCC1CCCN1)C1CCCCN1C(=O)c1cccs1. The zero-order valence-corrected chi connectivity index (χ0v) is 14.8. The molecule has 7 heteroatoms. The maximum atomic E-state index is 12.6. The molecule has 2 atom stereocenters. The summed E-state index contributed by atoms with van der Waals surface area (Å²) in [6, 6.07) is 3.78. The average Bonchev–Trinajstić information content (AvgIpc) is 3.25. The molecule has 2 N–H and O–H groups in total. The summed E-state index contributed by atoms with van der Waals surface area (Å²) in [6.07, 6.45) is 5.04. The summed E-state index contributed by atoms with van der Waals surface area (Å²) < 4.78 is 0. The van der Waals surface area contributed by atoms with Crippen LogP contribution in [0.3, 0.4) is 0 Å². The van der Waals surface area contributed by atoms with Crippen LogP contribution in [0.2, 0.25) is 0 Å². The maximum Gasteiger partial charge on any atom is 0.264 e. The van der Waals surface area contributed by atoms with Gasteiger partial charge < -0.3 is 15.5 Å². The van der Waals surface area contributed by atoms with Crippen molar-refractivity contribution in [3.8, 4) is 0 Å². The van der Waals surface area contributed by atoms with Crippen molar-refractivity contribution in [2.45, 2.75) is 44.2 Å². The fraction of sp³-hybridized carbons (Fsp3) is 0.625. The molecular formula is C16H24ClN3O2S. The number of nitrogens with zero attached hydrogens (tertiary/aromatic N) is 1. The molecule has 1 aromatic heterocycles. The van der Waals surface area contributed by atoms with E-state index in [9.17, 15) is 9.59 Å². The van der Waals surface area contributed by atoms with Crippen molar-refractivity contribution in [1.29, 1.82) is 0 Å². The molecule has 23 heavy (non-hydrogen) atoms. The molecule has 128 valence electrons. The minimum atomic E-state index is -0.315. The van der Waals surface area contributed by atoms with Gasteiger partial charge in [-0.3, -0.25) is 9.59 Å². The highest BCUT2D eigenvalue weighted by molar-refractivity contribution is 7.12. The zero-order valence-electron chi connectivity index (χ0n) is 13.1. The number of rotatable bonds is 4. The first-order valence-corrected chi connectivity index (χ1v) is 8.99. The van der Waals surface area contributed by atoms with Gasteiger partial charge in [0.2, 0.25) is 5.91 Å². The minimum absolute atomic E-state index is 0. The predicted molar refractivity (Wildman–Crippen MR) is 94.3 cm³/mol. The van der Waals surface area contributed by atoms with Gasteiger partial charge in [-0.25, -0.2) is 0 Å². The van der Waals surface area contributed by atoms with Crippen molar-refractivity contribution in [1.82, 2.24) is 15.5 Å². The third kappa shape index (κ3) is 4.46. The Morgan fingerprint density at radius 2 is 2.17 bits per heavy atom. The fourth-order valence-corrected chi connectivity index (χ4v) is 3.94. The molecule has 1 aromatic rings. The Hall–Kier alpha value is -1.11. The smallest absolute Gasteiger partial charge is 0.264 e. The molecular weight excluding hydrogens is 334 g/mol. The molecule has 2 saturated heterocycles. The lowest BCUT2D eigenvalue weighted by Gasteiger charge is -2.34. The number of nitrogens with one attached hydrogen (secondary N) is 2. The number of likely N-dealkylation sites (tertiary alicyclic amines) is 1. The van der Waals surface area contributed by atoms with E-state index in [0.29, 0.717) is 19.1 Å². The molecule has 0 radical (unpaired) electrons. The van der Waals surface area contributed by atoms with Crippen molar-refractivity contribution < 1.29 is 9.59 Å². The van der Waals surface area contributed by atoms with Gasteiger partial charge in [-0.05, 0) is 50.1 Å². The zero-order chi connectivity index (χ0) is 15.4. The monoisotopic (exact) mass is 357 g/mol. The van der Waals surface area contributed by atoms with Crippen molar-refractivity contribution in [2.75, 3.05) is 19.6 Å². The molecule has 2 aliphatic heterocycles. The quantitative estimate of drug-likeness (QED) is 0.866. The molecule has 5 nitrogen and oxygen atoms in total. The number of hydrogen-bond acceptors (Lipinski definition) is 4. The Balaban J connectivity index is 0.00000192. The second-order valence-electron chi connectivity index (χ2n) is 6.03. The first-order valence-electron chi connectivity index (χ1n) is 8.11. The highest BCUT2D eigenvalue weighted by Gasteiger charge is 2.33. The Kier molecular flexibility index (Phi) is 6.87. The molecule has 0 aromatic carbocycles. The van der Waals surface area contributed by atoms with E-state index >= 15 is 0 Å². The fourth-order valence-electron chi connectivity index (χ4n) is 3.26. The van der Waals surface area contributed by atoms with E-state index in [1.807, 2.05) is 17.5 Å². The predicted octanol–water partition coefficient (Wildman–Crippen LogP) is 2.03. The van der Waals surface area contributed by atoms with Gasteiger partial charge in [-0.2, -0.15) is 0 Å². The van der Waals surface area contributed by atoms with E-state index in [1.54, 1.807) is 4.90 Å². The summed E-state index contributed by atoms with van der Waals surface area (Å²) in [4.78, 5) is 27.6. The molecule has 0 spiro atoms. The van der Waals surface area contributed by atoms with Crippen LogP contribution in [-0.4, -0.2) is 48.4 Å². The second-order valence-corrected chi connectivity index (χ2v) is 6.97. The van der Waals surface area contributed by atoms with Crippen LogP contribution < -0.4 is 10.6 Å². The second kappa shape index (κ2) is 8.66. The van der Waals surface area contributed by atoms with E-state index in [1.165, 1.54) is 17.8 Å². The highest BCUT2D eigenvalue weighted by Crippen LogP contribution is 2.22. The third-order valence-electron chi connectivity index (χ3n) is 4.48. The molecule has 3 heterocycles. The van der Waals surface area contributed by atoms with Crippen molar-refractivity contribution in [3.05, 3.63) is 22.4 Å². The lowest BCUT2D eigenvalue weighted by molar-refractivity contribution is -0.126. The van der Waals surface area contributed by atoms with Gasteiger partial charge in [0, 0.05) is 19.1 Å². The van der Waals surface area contributed by atoms with E-state index in [2.05, 4.69) is 10.6 Å².